The lowest BCUT2D eigenvalue weighted by atomic mass is 9.90. The standard InChI is InChI=1S/C26H23FN6O2/c1-2-5-22(35)32-14-16(10-17-6-3-4-7-21(17)32)8-9-33-26-23(25(28)29-15-30-26)24(31-33)18-11-19(27)13-20(34)12-18/h3-4,6-7,11-13,15-16,34H,8-10,14H2,1H3,(H2,28,29,30). The Balaban J connectivity index is 1.46. The first-order valence-corrected chi connectivity index (χ1v) is 11.2. The quantitative estimate of drug-likeness (QED) is 0.442. The monoisotopic (exact) mass is 470 g/mol. The number of hydrogen-bond acceptors (Lipinski definition) is 6. The van der Waals surface area contributed by atoms with Gasteiger partial charge in [0.25, 0.3) is 0 Å². The predicted molar refractivity (Wildman–Crippen MR) is 131 cm³/mol. The number of hydrogen-bond donors (Lipinski definition) is 2. The van der Waals surface area contributed by atoms with Gasteiger partial charge in [0.15, 0.2) is 5.65 Å². The molecule has 3 heterocycles. The number of fused-ring (bicyclic) bond motifs is 2. The number of para-hydroxylation sites is 1. The van der Waals surface area contributed by atoms with Crippen LogP contribution in [0.4, 0.5) is 15.9 Å². The SMILES string of the molecule is CC#CC(=O)N1CC(CCn2nc(-c3cc(O)cc(F)c3)c3c(N)ncnc32)Cc2ccccc21. The summed E-state index contributed by atoms with van der Waals surface area (Å²) in [6, 6.07) is 11.6. The number of halogens is 1. The van der Waals surface area contributed by atoms with Crippen LogP contribution in [0.1, 0.15) is 18.9 Å². The summed E-state index contributed by atoms with van der Waals surface area (Å²) >= 11 is 0. The number of nitrogens with two attached hydrogens (primary N) is 1. The van der Waals surface area contributed by atoms with Crippen molar-refractivity contribution in [3.63, 3.8) is 0 Å². The van der Waals surface area contributed by atoms with Crippen LogP contribution in [0.3, 0.4) is 0 Å². The lowest BCUT2D eigenvalue weighted by Gasteiger charge is -2.33. The smallest absolute Gasteiger partial charge is 0.302 e. The van der Waals surface area contributed by atoms with E-state index in [-0.39, 0.29) is 23.4 Å². The Labute approximate surface area is 201 Å². The fraction of sp³-hybridized carbons (Fsp3) is 0.231. The van der Waals surface area contributed by atoms with Gasteiger partial charge in [-0.05, 0) is 55.4 Å². The summed E-state index contributed by atoms with van der Waals surface area (Å²) in [6.45, 7) is 2.70. The van der Waals surface area contributed by atoms with Crippen LogP contribution < -0.4 is 10.6 Å². The molecule has 0 saturated carbocycles. The van der Waals surface area contributed by atoms with Gasteiger partial charge in [-0.25, -0.2) is 19.0 Å². The van der Waals surface area contributed by atoms with Crippen molar-refractivity contribution in [2.24, 2.45) is 5.92 Å². The average molecular weight is 471 g/mol. The third kappa shape index (κ3) is 4.26. The van der Waals surface area contributed by atoms with Gasteiger partial charge in [-0.1, -0.05) is 24.1 Å². The largest absolute Gasteiger partial charge is 0.508 e. The van der Waals surface area contributed by atoms with Gasteiger partial charge in [-0.3, -0.25) is 4.79 Å². The number of phenols is 1. The molecule has 1 amide bonds. The molecule has 0 fully saturated rings. The molecule has 3 N–H and O–H groups in total. The highest BCUT2D eigenvalue weighted by atomic mass is 19.1. The average Bonchev–Trinajstić information content (AvgIpc) is 3.22. The van der Waals surface area contributed by atoms with Crippen molar-refractivity contribution in [1.29, 1.82) is 0 Å². The number of nitrogen functional groups attached to an aromatic ring is 1. The molecule has 4 aromatic rings. The van der Waals surface area contributed by atoms with Gasteiger partial charge in [0.2, 0.25) is 0 Å². The molecule has 0 saturated heterocycles. The number of aromatic nitrogens is 4. The highest BCUT2D eigenvalue weighted by Crippen LogP contribution is 2.34. The summed E-state index contributed by atoms with van der Waals surface area (Å²) in [7, 11) is 0. The van der Waals surface area contributed by atoms with Crippen LogP contribution >= 0.6 is 0 Å². The first-order valence-electron chi connectivity index (χ1n) is 11.2. The van der Waals surface area contributed by atoms with Gasteiger partial charge in [0.1, 0.15) is 29.4 Å². The van der Waals surface area contributed by atoms with Crippen molar-refractivity contribution >= 4 is 28.4 Å². The molecule has 9 heteroatoms. The summed E-state index contributed by atoms with van der Waals surface area (Å²) < 4.78 is 15.7. The number of benzene rings is 2. The Bertz CT molecular complexity index is 1480. The van der Waals surface area contributed by atoms with E-state index in [2.05, 4.69) is 26.9 Å². The molecule has 1 unspecified atom stereocenters. The zero-order valence-corrected chi connectivity index (χ0v) is 19.1. The molecule has 0 bridgehead atoms. The molecule has 1 aliphatic rings. The maximum absolute atomic E-state index is 14.0. The first-order chi connectivity index (χ1) is 16.9. The van der Waals surface area contributed by atoms with E-state index in [1.54, 1.807) is 16.5 Å². The molecular weight excluding hydrogens is 447 g/mol. The van der Waals surface area contributed by atoms with Crippen LogP contribution in [0.2, 0.25) is 0 Å². The Morgan fingerprint density at radius 3 is 2.89 bits per heavy atom. The zero-order valence-electron chi connectivity index (χ0n) is 19.1. The minimum Gasteiger partial charge on any atom is -0.508 e. The molecule has 8 nitrogen and oxygen atoms in total. The van der Waals surface area contributed by atoms with Crippen LogP contribution in [0.15, 0.2) is 48.8 Å². The van der Waals surface area contributed by atoms with Gasteiger partial charge in [0.05, 0.1) is 5.39 Å². The number of amides is 1. The van der Waals surface area contributed by atoms with Gasteiger partial charge in [-0.15, -0.1) is 0 Å². The minimum absolute atomic E-state index is 0.174. The molecule has 0 radical (unpaired) electrons. The summed E-state index contributed by atoms with van der Waals surface area (Å²) in [5.41, 5.74) is 9.44. The first kappa shape index (κ1) is 22.3. The number of carbonyl (C=O) groups excluding carboxylic acids is 1. The van der Waals surface area contributed by atoms with Gasteiger partial charge in [-0.2, -0.15) is 5.10 Å². The summed E-state index contributed by atoms with van der Waals surface area (Å²) in [5.74, 6) is 4.73. The summed E-state index contributed by atoms with van der Waals surface area (Å²) in [4.78, 5) is 22.8. The predicted octanol–water partition coefficient (Wildman–Crippen LogP) is 3.54. The molecule has 35 heavy (non-hydrogen) atoms. The molecule has 2 aromatic carbocycles. The van der Waals surface area contributed by atoms with Crippen molar-refractivity contribution in [2.75, 3.05) is 17.2 Å². The van der Waals surface area contributed by atoms with Crippen LogP contribution in [0.5, 0.6) is 5.75 Å². The maximum Gasteiger partial charge on any atom is 0.302 e. The summed E-state index contributed by atoms with van der Waals surface area (Å²) in [5, 5.41) is 15.1. The van der Waals surface area contributed by atoms with Crippen molar-refractivity contribution < 1.29 is 14.3 Å². The summed E-state index contributed by atoms with van der Waals surface area (Å²) in [6.07, 6.45) is 2.90. The molecule has 0 spiro atoms. The van der Waals surface area contributed by atoms with Crippen LogP contribution in [-0.2, 0) is 17.8 Å². The third-order valence-corrected chi connectivity index (χ3v) is 6.17. The van der Waals surface area contributed by atoms with Crippen molar-refractivity contribution in [2.45, 2.75) is 26.3 Å². The zero-order chi connectivity index (χ0) is 24.5. The van der Waals surface area contributed by atoms with E-state index < -0.39 is 5.82 Å². The van der Waals surface area contributed by atoms with Gasteiger partial charge in [0, 0.05) is 30.4 Å². The lowest BCUT2D eigenvalue weighted by molar-refractivity contribution is -0.113. The number of aryl methyl sites for hydroxylation is 1. The van der Waals surface area contributed by atoms with Crippen molar-refractivity contribution in [3.05, 3.63) is 60.2 Å². The molecule has 176 valence electrons. The number of nitrogens with zero attached hydrogens (tertiary/aromatic N) is 5. The van der Waals surface area contributed by atoms with E-state index in [0.717, 1.165) is 23.7 Å². The molecule has 0 aliphatic carbocycles. The van der Waals surface area contributed by atoms with E-state index in [0.29, 0.717) is 41.8 Å². The van der Waals surface area contributed by atoms with E-state index >= 15 is 0 Å². The van der Waals surface area contributed by atoms with Gasteiger partial charge < -0.3 is 15.7 Å². The Hall–Kier alpha value is -4.45. The molecule has 2 aromatic heterocycles. The number of anilines is 2. The normalized spacial score (nSPS) is 14.9. The van der Waals surface area contributed by atoms with E-state index in [9.17, 15) is 14.3 Å². The Morgan fingerprint density at radius 1 is 1.26 bits per heavy atom. The number of rotatable bonds is 4. The number of aromatic hydroxyl groups is 1. The van der Waals surface area contributed by atoms with E-state index in [4.69, 9.17) is 5.73 Å². The lowest BCUT2D eigenvalue weighted by Crippen LogP contribution is -2.39. The molecule has 1 aliphatic heterocycles. The molecule has 5 rings (SSSR count). The van der Waals surface area contributed by atoms with Crippen molar-refractivity contribution in [3.8, 4) is 28.8 Å². The number of phenolic OH excluding ortho intramolecular Hbond substituents is 1. The number of carbonyl (C=O) groups is 1. The highest BCUT2D eigenvalue weighted by Gasteiger charge is 2.28. The second-order valence-electron chi connectivity index (χ2n) is 8.51. The van der Waals surface area contributed by atoms with E-state index in [1.165, 1.54) is 18.5 Å². The maximum atomic E-state index is 14.0. The molecular formula is C26H23FN6O2. The fourth-order valence-electron chi connectivity index (χ4n) is 4.64. The minimum atomic E-state index is -0.584. The van der Waals surface area contributed by atoms with Crippen LogP contribution in [0, 0.1) is 23.6 Å². The van der Waals surface area contributed by atoms with Crippen LogP contribution in [0.25, 0.3) is 22.3 Å². The van der Waals surface area contributed by atoms with Crippen LogP contribution in [-0.4, -0.2) is 37.3 Å². The second-order valence-corrected chi connectivity index (χ2v) is 8.51. The highest BCUT2D eigenvalue weighted by molar-refractivity contribution is 6.06. The third-order valence-electron chi connectivity index (χ3n) is 6.17. The van der Waals surface area contributed by atoms with E-state index in [1.807, 2.05) is 24.3 Å². The Kier molecular flexibility index (Phi) is 5.79. The molecule has 1 atom stereocenters. The fourth-order valence-corrected chi connectivity index (χ4v) is 4.64. The van der Waals surface area contributed by atoms with Gasteiger partial charge >= 0.3 is 5.91 Å². The topological polar surface area (TPSA) is 110 Å². The Morgan fingerprint density at radius 2 is 2.09 bits per heavy atom. The second kappa shape index (κ2) is 9.06. The van der Waals surface area contributed by atoms with Crippen molar-refractivity contribution in [1.82, 2.24) is 19.7 Å².